The van der Waals surface area contributed by atoms with E-state index in [4.69, 9.17) is 0 Å². The van der Waals surface area contributed by atoms with Gasteiger partial charge in [-0.15, -0.1) is 0 Å². The fraction of sp³-hybridized carbons (Fsp3) is 0.467. The summed E-state index contributed by atoms with van der Waals surface area (Å²) in [6, 6.07) is 9.05. The summed E-state index contributed by atoms with van der Waals surface area (Å²) in [6.07, 6.45) is 0.894. The van der Waals surface area contributed by atoms with Crippen molar-refractivity contribution in [2.75, 3.05) is 0 Å². The van der Waals surface area contributed by atoms with Crippen LogP contribution in [-0.4, -0.2) is 22.2 Å². The van der Waals surface area contributed by atoms with Gasteiger partial charge in [-0.25, -0.2) is 0 Å². The molecule has 0 aliphatic carbocycles. The van der Waals surface area contributed by atoms with E-state index < -0.39 is 22.8 Å². The van der Waals surface area contributed by atoms with Gasteiger partial charge in [0, 0.05) is 5.41 Å². The van der Waals surface area contributed by atoms with Crippen molar-refractivity contribution >= 4 is 11.9 Å². The predicted molar refractivity (Wildman–Crippen MR) is 72.1 cm³/mol. The second-order valence-electron chi connectivity index (χ2n) is 4.89. The monoisotopic (exact) mass is 264 g/mol. The van der Waals surface area contributed by atoms with Crippen LogP contribution >= 0.6 is 0 Å². The van der Waals surface area contributed by atoms with E-state index >= 15 is 0 Å². The third-order valence-electron chi connectivity index (χ3n) is 4.35. The van der Waals surface area contributed by atoms with Crippen molar-refractivity contribution in [2.24, 2.45) is 5.41 Å². The number of carboxylic acid groups (broad SMARTS) is 2. The highest BCUT2D eigenvalue weighted by Gasteiger charge is 2.58. The lowest BCUT2D eigenvalue weighted by Crippen LogP contribution is -2.53. The van der Waals surface area contributed by atoms with Crippen LogP contribution in [0, 0.1) is 5.41 Å². The quantitative estimate of drug-likeness (QED) is 0.775. The first kappa shape index (κ1) is 15.2. The van der Waals surface area contributed by atoms with Gasteiger partial charge in [0.15, 0.2) is 5.41 Å². The SMILES string of the molecule is CCC(CC)(c1ccccc1)C(C)(C(=O)O)C(=O)O. The maximum atomic E-state index is 11.6. The number of hydrogen-bond acceptors (Lipinski definition) is 2. The van der Waals surface area contributed by atoms with E-state index in [1.54, 1.807) is 24.3 Å². The zero-order chi connectivity index (χ0) is 14.7. The number of hydrogen-bond donors (Lipinski definition) is 2. The second kappa shape index (κ2) is 5.43. The normalized spacial score (nSPS) is 12.2. The molecule has 19 heavy (non-hydrogen) atoms. The Morgan fingerprint density at radius 3 is 1.74 bits per heavy atom. The van der Waals surface area contributed by atoms with Gasteiger partial charge in [0.2, 0.25) is 0 Å². The highest BCUT2D eigenvalue weighted by Crippen LogP contribution is 2.47. The molecule has 0 atom stereocenters. The van der Waals surface area contributed by atoms with Crippen LogP contribution in [0.5, 0.6) is 0 Å². The van der Waals surface area contributed by atoms with Crippen molar-refractivity contribution in [1.29, 1.82) is 0 Å². The minimum atomic E-state index is -1.85. The molecule has 0 bridgehead atoms. The summed E-state index contributed by atoms with van der Waals surface area (Å²) < 4.78 is 0. The highest BCUT2D eigenvalue weighted by atomic mass is 16.4. The van der Waals surface area contributed by atoms with Crippen molar-refractivity contribution in [1.82, 2.24) is 0 Å². The largest absolute Gasteiger partial charge is 0.480 e. The Morgan fingerprint density at radius 1 is 1.00 bits per heavy atom. The summed E-state index contributed by atoms with van der Waals surface area (Å²) in [4.78, 5) is 23.2. The topological polar surface area (TPSA) is 74.6 Å². The van der Waals surface area contributed by atoms with Crippen LogP contribution in [0.2, 0.25) is 0 Å². The van der Waals surface area contributed by atoms with E-state index in [9.17, 15) is 19.8 Å². The lowest BCUT2D eigenvalue weighted by atomic mass is 9.58. The number of aliphatic carboxylic acids is 2. The summed E-state index contributed by atoms with van der Waals surface area (Å²) in [5.74, 6) is -2.60. The third kappa shape index (κ3) is 2.11. The first-order valence-electron chi connectivity index (χ1n) is 6.39. The molecule has 0 aliphatic heterocycles. The van der Waals surface area contributed by atoms with Crippen LogP contribution in [0.4, 0.5) is 0 Å². The zero-order valence-electron chi connectivity index (χ0n) is 11.5. The minimum absolute atomic E-state index is 0.447. The zero-order valence-corrected chi connectivity index (χ0v) is 11.5. The van der Waals surface area contributed by atoms with Gasteiger partial charge in [-0.1, -0.05) is 44.2 Å². The molecular formula is C15H20O4. The van der Waals surface area contributed by atoms with E-state index in [2.05, 4.69) is 0 Å². The van der Waals surface area contributed by atoms with Gasteiger partial charge in [-0.05, 0) is 25.3 Å². The Kier molecular flexibility index (Phi) is 4.35. The molecule has 0 aromatic heterocycles. The Bertz CT molecular complexity index is 446. The van der Waals surface area contributed by atoms with Gasteiger partial charge in [-0.3, -0.25) is 9.59 Å². The minimum Gasteiger partial charge on any atom is -0.480 e. The lowest BCUT2D eigenvalue weighted by molar-refractivity contribution is -0.170. The van der Waals surface area contributed by atoms with Gasteiger partial charge in [0.25, 0.3) is 0 Å². The molecule has 1 aromatic rings. The number of benzene rings is 1. The summed E-state index contributed by atoms with van der Waals surface area (Å²) in [6.45, 7) is 4.97. The molecule has 2 N–H and O–H groups in total. The van der Waals surface area contributed by atoms with Gasteiger partial charge < -0.3 is 10.2 Å². The maximum Gasteiger partial charge on any atom is 0.321 e. The molecule has 0 aliphatic rings. The summed E-state index contributed by atoms with van der Waals surface area (Å²) in [5.41, 5.74) is -2.02. The second-order valence-corrected chi connectivity index (χ2v) is 4.89. The average Bonchev–Trinajstić information content (AvgIpc) is 2.41. The van der Waals surface area contributed by atoms with Crippen molar-refractivity contribution in [3.63, 3.8) is 0 Å². The Labute approximate surface area is 113 Å². The first-order chi connectivity index (χ1) is 8.86. The van der Waals surface area contributed by atoms with Crippen molar-refractivity contribution in [3.8, 4) is 0 Å². The standard InChI is InChI=1S/C15H20O4/c1-4-15(5-2,11-9-7-6-8-10-11)14(3,12(16)17)13(18)19/h6-10H,4-5H2,1-3H3,(H,16,17)(H,18,19). The number of carbonyl (C=O) groups is 2. The first-order valence-corrected chi connectivity index (χ1v) is 6.39. The fourth-order valence-corrected chi connectivity index (χ4v) is 2.91. The molecule has 4 heteroatoms. The predicted octanol–water partition coefficient (Wildman–Crippen LogP) is 2.92. The van der Waals surface area contributed by atoms with Crippen LogP contribution in [0.25, 0.3) is 0 Å². The molecule has 1 aromatic carbocycles. The average molecular weight is 264 g/mol. The molecule has 0 spiro atoms. The summed E-state index contributed by atoms with van der Waals surface area (Å²) in [5, 5.41) is 19.0. The van der Waals surface area contributed by atoms with Crippen molar-refractivity contribution in [2.45, 2.75) is 39.0 Å². The van der Waals surface area contributed by atoms with Crippen LogP contribution in [0.3, 0.4) is 0 Å². The van der Waals surface area contributed by atoms with Gasteiger partial charge >= 0.3 is 11.9 Å². The molecule has 104 valence electrons. The summed E-state index contributed by atoms with van der Waals surface area (Å²) in [7, 11) is 0. The molecule has 0 saturated heterocycles. The molecule has 0 radical (unpaired) electrons. The van der Waals surface area contributed by atoms with Crippen molar-refractivity contribution in [3.05, 3.63) is 35.9 Å². The molecule has 1 rings (SSSR count). The molecule has 0 heterocycles. The Hall–Kier alpha value is -1.84. The number of rotatable bonds is 6. The Morgan fingerprint density at radius 2 is 1.42 bits per heavy atom. The molecule has 0 saturated carbocycles. The third-order valence-corrected chi connectivity index (χ3v) is 4.35. The van der Waals surface area contributed by atoms with Crippen molar-refractivity contribution < 1.29 is 19.8 Å². The van der Waals surface area contributed by atoms with Crippen LogP contribution in [-0.2, 0) is 15.0 Å². The van der Waals surface area contributed by atoms with Crippen LogP contribution in [0.15, 0.2) is 30.3 Å². The van der Waals surface area contributed by atoms with E-state index in [0.29, 0.717) is 12.8 Å². The van der Waals surface area contributed by atoms with Gasteiger partial charge in [-0.2, -0.15) is 0 Å². The Balaban J connectivity index is 3.58. The van der Waals surface area contributed by atoms with E-state index in [0.717, 1.165) is 5.56 Å². The fourth-order valence-electron chi connectivity index (χ4n) is 2.91. The molecule has 0 unspecified atom stereocenters. The lowest BCUT2D eigenvalue weighted by Gasteiger charge is -2.43. The van der Waals surface area contributed by atoms with Crippen LogP contribution in [0.1, 0.15) is 39.2 Å². The van der Waals surface area contributed by atoms with E-state index in [-0.39, 0.29) is 0 Å². The molecule has 4 nitrogen and oxygen atoms in total. The van der Waals surface area contributed by atoms with Gasteiger partial charge in [0.1, 0.15) is 0 Å². The van der Waals surface area contributed by atoms with E-state index in [1.807, 2.05) is 19.9 Å². The summed E-state index contributed by atoms with van der Waals surface area (Å²) >= 11 is 0. The van der Waals surface area contributed by atoms with Gasteiger partial charge in [0.05, 0.1) is 0 Å². The highest BCUT2D eigenvalue weighted by molar-refractivity contribution is 6.00. The molecule has 0 fully saturated rings. The smallest absolute Gasteiger partial charge is 0.321 e. The molecular weight excluding hydrogens is 244 g/mol. The van der Waals surface area contributed by atoms with Crippen LogP contribution < -0.4 is 0 Å². The van der Waals surface area contributed by atoms with E-state index in [1.165, 1.54) is 6.92 Å². The maximum absolute atomic E-state index is 11.6. The molecule has 0 amide bonds. The number of carboxylic acids is 2.